The van der Waals surface area contributed by atoms with Crippen LogP contribution in [0.1, 0.15) is 48.4 Å². The van der Waals surface area contributed by atoms with Gasteiger partial charge >= 0.3 is 0 Å². The summed E-state index contributed by atoms with van der Waals surface area (Å²) in [6, 6.07) is 4.29. The van der Waals surface area contributed by atoms with Gasteiger partial charge in [-0.15, -0.1) is 0 Å². The van der Waals surface area contributed by atoms with Gasteiger partial charge in [0.15, 0.2) is 0 Å². The number of hydrazine groups is 1. The Morgan fingerprint density at radius 2 is 2.20 bits per heavy atom. The van der Waals surface area contributed by atoms with Gasteiger partial charge in [-0.25, -0.2) is 0 Å². The van der Waals surface area contributed by atoms with Crippen LogP contribution in [0, 0.1) is 13.8 Å². The van der Waals surface area contributed by atoms with Gasteiger partial charge in [0.2, 0.25) is 0 Å². The van der Waals surface area contributed by atoms with E-state index in [-0.39, 0.29) is 12.1 Å². The summed E-state index contributed by atoms with van der Waals surface area (Å²) in [5, 5.41) is 0. The molecule has 0 aromatic heterocycles. The fourth-order valence-electron chi connectivity index (χ4n) is 2.90. The minimum Gasteiger partial charge on any atom is -0.496 e. The lowest BCUT2D eigenvalue weighted by Gasteiger charge is -2.28. The Labute approximate surface area is 121 Å². The Balaban J connectivity index is 2.20. The molecule has 0 spiro atoms. The number of ether oxygens (including phenoxy) is 2. The van der Waals surface area contributed by atoms with Crippen LogP contribution in [0.4, 0.5) is 0 Å². The minimum atomic E-state index is 0.0624. The van der Waals surface area contributed by atoms with Gasteiger partial charge in [0.05, 0.1) is 19.3 Å². The van der Waals surface area contributed by atoms with Crippen molar-refractivity contribution in [2.24, 2.45) is 5.84 Å². The molecular formula is C16H26N2O2. The van der Waals surface area contributed by atoms with Gasteiger partial charge in [-0.3, -0.25) is 11.3 Å². The van der Waals surface area contributed by atoms with Crippen molar-refractivity contribution in [3.63, 3.8) is 0 Å². The molecule has 0 amide bonds. The van der Waals surface area contributed by atoms with Crippen molar-refractivity contribution in [3.05, 3.63) is 28.8 Å². The summed E-state index contributed by atoms with van der Waals surface area (Å²) in [5.74, 6) is 6.71. The monoisotopic (exact) mass is 278 g/mol. The molecular weight excluding hydrogens is 252 g/mol. The molecule has 4 heteroatoms. The Morgan fingerprint density at radius 1 is 1.40 bits per heavy atom. The van der Waals surface area contributed by atoms with Crippen LogP contribution in [0.3, 0.4) is 0 Å². The van der Waals surface area contributed by atoms with Crippen molar-refractivity contribution in [1.82, 2.24) is 5.43 Å². The number of hydrogen-bond acceptors (Lipinski definition) is 4. The highest BCUT2D eigenvalue weighted by molar-refractivity contribution is 5.46. The molecule has 2 rings (SSSR count). The van der Waals surface area contributed by atoms with E-state index in [4.69, 9.17) is 15.3 Å². The first kappa shape index (κ1) is 15.3. The Hall–Kier alpha value is -1.10. The second-order valence-corrected chi connectivity index (χ2v) is 5.57. The number of rotatable bonds is 5. The second kappa shape index (κ2) is 7.07. The highest BCUT2D eigenvalue weighted by Gasteiger charge is 2.23. The maximum absolute atomic E-state index is 5.82. The van der Waals surface area contributed by atoms with Gasteiger partial charge in [-0.1, -0.05) is 12.1 Å². The van der Waals surface area contributed by atoms with Gasteiger partial charge in [-0.05, 0) is 50.7 Å². The number of methoxy groups -OCH3 is 1. The molecule has 1 saturated heterocycles. The third-order valence-corrected chi connectivity index (χ3v) is 4.26. The van der Waals surface area contributed by atoms with E-state index >= 15 is 0 Å². The maximum Gasteiger partial charge on any atom is 0.126 e. The molecule has 2 unspecified atom stereocenters. The number of nitrogens with one attached hydrogen (secondary N) is 1. The van der Waals surface area contributed by atoms with Gasteiger partial charge in [0.25, 0.3) is 0 Å². The molecule has 1 aliphatic rings. The topological polar surface area (TPSA) is 56.5 Å². The molecule has 0 radical (unpaired) electrons. The summed E-state index contributed by atoms with van der Waals surface area (Å²) in [7, 11) is 1.72. The van der Waals surface area contributed by atoms with Crippen molar-refractivity contribution in [3.8, 4) is 5.75 Å². The Morgan fingerprint density at radius 3 is 2.80 bits per heavy atom. The molecule has 112 valence electrons. The first-order chi connectivity index (χ1) is 9.67. The number of nitrogens with two attached hydrogens (primary N) is 1. The SMILES string of the molecule is COc1c(C(CC2CCCCO2)NN)ccc(C)c1C. The summed E-state index contributed by atoms with van der Waals surface area (Å²) >= 11 is 0. The van der Waals surface area contributed by atoms with Gasteiger partial charge in [0.1, 0.15) is 5.75 Å². The molecule has 4 nitrogen and oxygen atoms in total. The predicted octanol–water partition coefficient (Wildman–Crippen LogP) is 2.78. The van der Waals surface area contributed by atoms with Crippen LogP contribution in [0.15, 0.2) is 12.1 Å². The molecule has 20 heavy (non-hydrogen) atoms. The fraction of sp³-hybridized carbons (Fsp3) is 0.625. The van der Waals surface area contributed by atoms with Crippen molar-refractivity contribution < 1.29 is 9.47 Å². The fourth-order valence-corrected chi connectivity index (χ4v) is 2.90. The number of hydrogen-bond donors (Lipinski definition) is 2. The third kappa shape index (κ3) is 3.32. The van der Waals surface area contributed by atoms with E-state index in [0.29, 0.717) is 0 Å². The zero-order valence-electron chi connectivity index (χ0n) is 12.7. The summed E-state index contributed by atoms with van der Waals surface area (Å²) in [6.45, 7) is 5.05. The van der Waals surface area contributed by atoms with E-state index in [2.05, 4.69) is 31.4 Å². The standard InChI is InChI=1S/C16H26N2O2/c1-11-7-8-14(16(19-3)12(11)2)15(18-17)10-13-6-4-5-9-20-13/h7-8,13,15,18H,4-6,9-10,17H2,1-3H3. The average Bonchev–Trinajstić information content (AvgIpc) is 2.48. The summed E-state index contributed by atoms with van der Waals surface area (Å²) < 4.78 is 11.4. The van der Waals surface area contributed by atoms with Crippen molar-refractivity contribution in [2.45, 2.75) is 51.7 Å². The normalized spacial score (nSPS) is 20.7. The van der Waals surface area contributed by atoms with Crippen molar-refractivity contribution in [2.75, 3.05) is 13.7 Å². The summed E-state index contributed by atoms with van der Waals surface area (Å²) in [5.41, 5.74) is 6.45. The Kier molecular flexibility index (Phi) is 5.40. The molecule has 1 aromatic rings. The lowest BCUT2D eigenvalue weighted by Crippen LogP contribution is -2.33. The van der Waals surface area contributed by atoms with E-state index in [1.54, 1.807) is 7.11 Å². The third-order valence-electron chi connectivity index (χ3n) is 4.26. The maximum atomic E-state index is 5.82. The number of benzene rings is 1. The molecule has 1 heterocycles. The van der Waals surface area contributed by atoms with Crippen LogP contribution in [-0.2, 0) is 4.74 Å². The van der Waals surface area contributed by atoms with Gasteiger partial charge in [-0.2, -0.15) is 0 Å². The van der Waals surface area contributed by atoms with Gasteiger partial charge < -0.3 is 9.47 Å². The molecule has 1 aliphatic heterocycles. The zero-order valence-corrected chi connectivity index (χ0v) is 12.7. The van der Waals surface area contributed by atoms with E-state index < -0.39 is 0 Å². The Bertz CT molecular complexity index is 442. The largest absolute Gasteiger partial charge is 0.496 e. The van der Waals surface area contributed by atoms with Crippen LogP contribution in [0.25, 0.3) is 0 Å². The van der Waals surface area contributed by atoms with Crippen LogP contribution >= 0.6 is 0 Å². The zero-order chi connectivity index (χ0) is 14.5. The van der Waals surface area contributed by atoms with Crippen molar-refractivity contribution >= 4 is 0 Å². The molecule has 0 bridgehead atoms. The lowest BCUT2D eigenvalue weighted by molar-refractivity contribution is 0.00490. The van der Waals surface area contributed by atoms with Crippen LogP contribution < -0.4 is 16.0 Å². The van der Waals surface area contributed by atoms with E-state index in [1.165, 1.54) is 24.0 Å². The summed E-state index contributed by atoms with van der Waals surface area (Å²) in [6.07, 6.45) is 4.70. The average molecular weight is 278 g/mol. The first-order valence-electron chi connectivity index (χ1n) is 7.39. The van der Waals surface area contributed by atoms with Crippen LogP contribution in [-0.4, -0.2) is 19.8 Å². The highest BCUT2D eigenvalue weighted by atomic mass is 16.5. The second-order valence-electron chi connectivity index (χ2n) is 5.57. The molecule has 0 aliphatic carbocycles. The minimum absolute atomic E-state index is 0.0624. The molecule has 1 fully saturated rings. The quantitative estimate of drug-likeness (QED) is 0.642. The van der Waals surface area contributed by atoms with E-state index in [9.17, 15) is 0 Å². The number of aryl methyl sites for hydroxylation is 1. The predicted molar refractivity (Wildman–Crippen MR) is 80.7 cm³/mol. The van der Waals surface area contributed by atoms with Gasteiger partial charge in [0, 0.05) is 12.2 Å². The lowest BCUT2D eigenvalue weighted by atomic mass is 9.94. The van der Waals surface area contributed by atoms with Crippen LogP contribution in [0.5, 0.6) is 5.75 Å². The molecule has 3 N–H and O–H groups in total. The van der Waals surface area contributed by atoms with Crippen LogP contribution in [0.2, 0.25) is 0 Å². The summed E-state index contributed by atoms with van der Waals surface area (Å²) in [4.78, 5) is 0. The highest BCUT2D eigenvalue weighted by Crippen LogP contribution is 2.34. The molecule has 1 aromatic carbocycles. The van der Waals surface area contributed by atoms with E-state index in [0.717, 1.165) is 30.8 Å². The molecule has 2 atom stereocenters. The smallest absolute Gasteiger partial charge is 0.126 e. The van der Waals surface area contributed by atoms with Crippen molar-refractivity contribution in [1.29, 1.82) is 0 Å². The first-order valence-corrected chi connectivity index (χ1v) is 7.39. The van der Waals surface area contributed by atoms with E-state index in [1.807, 2.05) is 0 Å². The molecule has 0 saturated carbocycles.